The third-order valence-corrected chi connectivity index (χ3v) is 7.14. The molecule has 0 saturated carbocycles. The molecule has 2 unspecified atom stereocenters. The molecule has 4 heteroatoms. The van der Waals surface area contributed by atoms with E-state index in [9.17, 15) is 8.42 Å². The van der Waals surface area contributed by atoms with Crippen LogP contribution in [0.1, 0.15) is 32.6 Å². The van der Waals surface area contributed by atoms with Crippen LogP contribution >= 0.6 is 0 Å². The minimum atomic E-state index is -3.24. The van der Waals surface area contributed by atoms with Crippen molar-refractivity contribution in [2.24, 2.45) is 0 Å². The summed E-state index contributed by atoms with van der Waals surface area (Å²) in [5.74, 6) is 0. The minimum Gasteiger partial charge on any atom is -0.299 e. The maximum absolute atomic E-state index is 12.9. The Balaban J connectivity index is 1.93. The van der Waals surface area contributed by atoms with Crippen molar-refractivity contribution in [2.45, 2.75) is 48.3 Å². The first-order chi connectivity index (χ1) is 9.03. The fourth-order valence-electron chi connectivity index (χ4n) is 3.57. The van der Waals surface area contributed by atoms with Gasteiger partial charge in [0.15, 0.2) is 9.84 Å². The van der Waals surface area contributed by atoms with E-state index in [1.807, 2.05) is 13.0 Å². The highest BCUT2D eigenvalue weighted by molar-refractivity contribution is 7.92. The van der Waals surface area contributed by atoms with Crippen molar-refractivity contribution in [1.29, 1.82) is 0 Å². The lowest BCUT2D eigenvalue weighted by Crippen LogP contribution is -2.39. The highest BCUT2D eigenvalue weighted by atomic mass is 32.2. The van der Waals surface area contributed by atoms with Gasteiger partial charge in [0.25, 0.3) is 0 Å². The van der Waals surface area contributed by atoms with E-state index in [0.717, 1.165) is 19.4 Å². The Morgan fingerprint density at radius 2 is 1.95 bits per heavy atom. The Labute approximate surface area is 115 Å². The van der Waals surface area contributed by atoms with Crippen molar-refractivity contribution < 1.29 is 8.42 Å². The smallest absolute Gasteiger partial charge is 0.185 e. The number of sulfone groups is 1. The van der Waals surface area contributed by atoms with Crippen molar-refractivity contribution in [3.05, 3.63) is 30.3 Å². The summed E-state index contributed by atoms with van der Waals surface area (Å²) >= 11 is 0. The van der Waals surface area contributed by atoms with Crippen LogP contribution in [0.3, 0.4) is 0 Å². The summed E-state index contributed by atoms with van der Waals surface area (Å²) in [5.41, 5.74) is 0. The molecule has 2 heterocycles. The number of fused-ring (bicyclic) bond motifs is 1. The van der Waals surface area contributed by atoms with E-state index in [0.29, 0.717) is 17.5 Å². The van der Waals surface area contributed by atoms with Crippen LogP contribution in [-0.2, 0) is 9.84 Å². The lowest BCUT2D eigenvalue weighted by atomic mass is 10.0. The topological polar surface area (TPSA) is 37.4 Å². The van der Waals surface area contributed by atoms with Crippen LogP contribution in [-0.4, -0.2) is 37.2 Å². The summed E-state index contributed by atoms with van der Waals surface area (Å²) in [6, 6.07) is 9.38. The highest BCUT2D eigenvalue weighted by Crippen LogP contribution is 2.40. The first-order valence-corrected chi connectivity index (χ1v) is 8.55. The molecule has 19 heavy (non-hydrogen) atoms. The Bertz CT molecular complexity index is 539. The summed E-state index contributed by atoms with van der Waals surface area (Å²) in [6.07, 6.45) is 4.38. The first kappa shape index (κ1) is 13.1. The fourth-order valence-corrected chi connectivity index (χ4v) is 5.40. The molecule has 0 bridgehead atoms. The molecular formula is C15H21NO2S. The molecule has 3 nitrogen and oxygen atoms in total. The lowest BCUT2D eigenvalue weighted by Gasteiger charge is -2.28. The van der Waals surface area contributed by atoms with Crippen molar-refractivity contribution >= 4 is 9.84 Å². The van der Waals surface area contributed by atoms with Gasteiger partial charge in [-0.2, -0.15) is 0 Å². The number of rotatable bonds is 2. The van der Waals surface area contributed by atoms with Gasteiger partial charge in [0.1, 0.15) is 0 Å². The maximum atomic E-state index is 12.9. The van der Waals surface area contributed by atoms with Gasteiger partial charge in [-0.25, -0.2) is 8.42 Å². The van der Waals surface area contributed by atoms with Crippen molar-refractivity contribution in [1.82, 2.24) is 4.90 Å². The molecule has 2 aliphatic rings. The van der Waals surface area contributed by atoms with Crippen LogP contribution in [0.2, 0.25) is 0 Å². The van der Waals surface area contributed by atoms with E-state index in [-0.39, 0.29) is 0 Å². The summed E-state index contributed by atoms with van der Waals surface area (Å²) < 4.78 is 25.1. The third-order valence-electron chi connectivity index (χ3n) is 4.66. The van der Waals surface area contributed by atoms with Crippen LogP contribution < -0.4 is 0 Å². The Morgan fingerprint density at radius 1 is 1.21 bits per heavy atom. The average molecular weight is 279 g/mol. The Kier molecular flexibility index (Phi) is 3.18. The molecular weight excluding hydrogens is 258 g/mol. The van der Waals surface area contributed by atoms with Gasteiger partial charge in [-0.1, -0.05) is 24.6 Å². The van der Waals surface area contributed by atoms with Gasteiger partial charge in [-0.3, -0.25) is 4.90 Å². The number of piperidine rings is 1. The van der Waals surface area contributed by atoms with Gasteiger partial charge in [0.2, 0.25) is 0 Å². The largest absolute Gasteiger partial charge is 0.299 e. The van der Waals surface area contributed by atoms with Gasteiger partial charge in [0.05, 0.1) is 9.64 Å². The van der Waals surface area contributed by atoms with E-state index in [4.69, 9.17) is 0 Å². The molecule has 0 spiro atoms. The Morgan fingerprint density at radius 3 is 2.63 bits per heavy atom. The van der Waals surface area contributed by atoms with Crippen molar-refractivity contribution in [3.63, 3.8) is 0 Å². The molecule has 2 fully saturated rings. The van der Waals surface area contributed by atoms with E-state index in [1.54, 1.807) is 24.3 Å². The predicted octanol–water partition coefficient (Wildman–Crippen LogP) is 2.48. The number of nitrogens with zero attached hydrogens (tertiary/aromatic N) is 1. The zero-order chi connectivity index (χ0) is 13.5. The minimum absolute atomic E-state index is 0.470. The molecule has 1 aromatic carbocycles. The predicted molar refractivity (Wildman–Crippen MR) is 75.9 cm³/mol. The Hall–Kier alpha value is -0.870. The maximum Gasteiger partial charge on any atom is 0.185 e. The average Bonchev–Trinajstić information content (AvgIpc) is 2.77. The molecule has 2 atom stereocenters. The zero-order valence-corrected chi connectivity index (χ0v) is 12.2. The van der Waals surface area contributed by atoms with Crippen LogP contribution in [0, 0.1) is 0 Å². The lowest BCUT2D eigenvalue weighted by molar-refractivity contribution is 0.197. The number of benzene rings is 1. The number of hydrogen-bond donors (Lipinski definition) is 0. The summed E-state index contributed by atoms with van der Waals surface area (Å²) in [5, 5.41) is 0. The monoisotopic (exact) mass is 279 g/mol. The van der Waals surface area contributed by atoms with E-state index >= 15 is 0 Å². The third kappa shape index (κ3) is 2.11. The molecule has 104 valence electrons. The highest BCUT2D eigenvalue weighted by Gasteiger charge is 2.50. The van der Waals surface area contributed by atoms with Gasteiger partial charge in [0, 0.05) is 12.6 Å². The molecule has 0 radical (unpaired) electrons. The van der Waals surface area contributed by atoms with Crippen LogP contribution in [0.4, 0.5) is 0 Å². The van der Waals surface area contributed by atoms with Crippen LogP contribution in [0.15, 0.2) is 35.2 Å². The zero-order valence-electron chi connectivity index (χ0n) is 11.4. The molecule has 1 aromatic rings. The van der Waals surface area contributed by atoms with E-state index in [1.165, 1.54) is 12.8 Å². The molecule has 0 aromatic heterocycles. The van der Waals surface area contributed by atoms with Crippen molar-refractivity contribution in [2.75, 3.05) is 13.1 Å². The quantitative estimate of drug-likeness (QED) is 0.834. The van der Waals surface area contributed by atoms with Crippen molar-refractivity contribution in [3.8, 4) is 0 Å². The molecule has 2 aliphatic heterocycles. The second-order valence-electron chi connectivity index (χ2n) is 6.09. The standard InChI is InChI=1S/C15H21NO2S/c1-15(11-13-7-5-6-10-16(13)12-15)19(17,18)14-8-3-2-4-9-14/h2-4,8-9,13H,5-7,10-12H2,1H3. The molecule has 0 aliphatic carbocycles. The summed E-state index contributed by atoms with van der Waals surface area (Å²) in [6.45, 7) is 3.67. The van der Waals surface area contributed by atoms with Gasteiger partial charge in [-0.15, -0.1) is 0 Å². The molecule has 3 rings (SSSR count). The van der Waals surface area contributed by atoms with Gasteiger partial charge >= 0.3 is 0 Å². The van der Waals surface area contributed by atoms with Gasteiger partial charge in [-0.05, 0) is 44.9 Å². The number of hydrogen-bond acceptors (Lipinski definition) is 3. The van der Waals surface area contributed by atoms with Crippen LogP contribution in [0.25, 0.3) is 0 Å². The normalized spacial score (nSPS) is 32.2. The van der Waals surface area contributed by atoms with E-state index in [2.05, 4.69) is 4.90 Å². The fraction of sp³-hybridized carbons (Fsp3) is 0.600. The second kappa shape index (κ2) is 4.60. The molecule has 2 saturated heterocycles. The summed E-state index contributed by atoms with van der Waals surface area (Å²) in [4.78, 5) is 2.85. The second-order valence-corrected chi connectivity index (χ2v) is 8.55. The van der Waals surface area contributed by atoms with E-state index < -0.39 is 14.6 Å². The van der Waals surface area contributed by atoms with Crippen LogP contribution in [0.5, 0.6) is 0 Å². The SMILES string of the molecule is CC1(S(=O)(=O)c2ccccc2)CC2CCCCN2C1. The molecule has 0 amide bonds. The summed E-state index contributed by atoms with van der Waals surface area (Å²) in [7, 11) is -3.24. The first-order valence-electron chi connectivity index (χ1n) is 7.07. The molecule has 0 N–H and O–H groups in total. The van der Waals surface area contributed by atoms with Gasteiger partial charge < -0.3 is 0 Å².